The SMILES string of the molecule is CNc1cc2c(NC(C)c3cccc(C#N)c3C)nnc(C)c2cc1C(=O)N1CCCOCC1. The molecule has 0 aliphatic carbocycles. The van der Waals surface area contributed by atoms with E-state index in [1.807, 2.05) is 63.1 Å². The van der Waals surface area contributed by atoms with Crippen LogP contribution < -0.4 is 10.6 Å². The van der Waals surface area contributed by atoms with E-state index in [0.29, 0.717) is 43.2 Å². The molecule has 34 heavy (non-hydrogen) atoms. The zero-order chi connectivity index (χ0) is 24.2. The summed E-state index contributed by atoms with van der Waals surface area (Å²) in [6.45, 7) is 8.38. The summed E-state index contributed by atoms with van der Waals surface area (Å²) in [5.74, 6) is 0.619. The number of aromatic nitrogens is 2. The van der Waals surface area contributed by atoms with E-state index in [0.717, 1.165) is 39.7 Å². The van der Waals surface area contributed by atoms with Crippen LogP contribution in [0.3, 0.4) is 0 Å². The third-order valence-corrected chi connectivity index (χ3v) is 6.43. The molecule has 4 rings (SSSR count). The van der Waals surface area contributed by atoms with Crippen LogP contribution in [0.5, 0.6) is 0 Å². The van der Waals surface area contributed by atoms with Crippen molar-refractivity contribution in [1.82, 2.24) is 15.1 Å². The molecule has 8 nitrogen and oxygen atoms in total. The zero-order valence-corrected chi connectivity index (χ0v) is 20.1. The van der Waals surface area contributed by atoms with Gasteiger partial charge in [-0.15, -0.1) is 5.10 Å². The summed E-state index contributed by atoms with van der Waals surface area (Å²) in [4.78, 5) is 15.2. The Morgan fingerprint density at radius 3 is 2.76 bits per heavy atom. The quantitative estimate of drug-likeness (QED) is 0.591. The highest BCUT2D eigenvalue weighted by Gasteiger charge is 2.23. The second-order valence-electron chi connectivity index (χ2n) is 8.58. The van der Waals surface area contributed by atoms with Gasteiger partial charge in [0.1, 0.15) is 0 Å². The largest absolute Gasteiger partial charge is 0.387 e. The van der Waals surface area contributed by atoms with Gasteiger partial charge in [-0.2, -0.15) is 10.4 Å². The lowest BCUT2D eigenvalue weighted by Crippen LogP contribution is -2.33. The zero-order valence-electron chi connectivity index (χ0n) is 20.1. The number of hydrogen-bond acceptors (Lipinski definition) is 7. The van der Waals surface area contributed by atoms with E-state index in [4.69, 9.17) is 4.74 Å². The number of amides is 1. The number of benzene rings is 2. The van der Waals surface area contributed by atoms with Crippen molar-refractivity contribution in [2.24, 2.45) is 0 Å². The molecule has 1 saturated heterocycles. The van der Waals surface area contributed by atoms with Crippen LogP contribution in [-0.2, 0) is 4.74 Å². The molecule has 1 fully saturated rings. The molecular formula is C26H30N6O2. The number of nitriles is 1. The summed E-state index contributed by atoms with van der Waals surface area (Å²) in [7, 11) is 1.82. The summed E-state index contributed by atoms with van der Waals surface area (Å²) in [6, 6.07) is 11.8. The second kappa shape index (κ2) is 10.1. The lowest BCUT2D eigenvalue weighted by molar-refractivity contribution is 0.0742. The van der Waals surface area contributed by atoms with E-state index >= 15 is 0 Å². The van der Waals surface area contributed by atoms with Gasteiger partial charge in [0, 0.05) is 43.2 Å². The number of ether oxygens (including phenoxy) is 1. The molecule has 0 radical (unpaired) electrons. The molecule has 1 unspecified atom stereocenters. The fourth-order valence-corrected chi connectivity index (χ4v) is 4.46. The molecule has 2 N–H and O–H groups in total. The van der Waals surface area contributed by atoms with E-state index in [-0.39, 0.29) is 11.9 Å². The van der Waals surface area contributed by atoms with Gasteiger partial charge in [-0.3, -0.25) is 4.79 Å². The number of aryl methyl sites for hydroxylation is 1. The van der Waals surface area contributed by atoms with Crippen LogP contribution in [0.1, 0.15) is 52.1 Å². The van der Waals surface area contributed by atoms with Gasteiger partial charge in [-0.1, -0.05) is 12.1 Å². The maximum Gasteiger partial charge on any atom is 0.256 e. The lowest BCUT2D eigenvalue weighted by atomic mass is 9.98. The molecule has 0 spiro atoms. The Balaban J connectivity index is 1.73. The molecule has 0 saturated carbocycles. The van der Waals surface area contributed by atoms with Crippen molar-refractivity contribution in [3.63, 3.8) is 0 Å². The molecule has 1 aliphatic rings. The van der Waals surface area contributed by atoms with Gasteiger partial charge >= 0.3 is 0 Å². The Kier molecular flexibility index (Phi) is 6.94. The van der Waals surface area contributed by atoms with Crippen molar-refractivity contribution in [1.29, 1.82) is 5.26 Å². The summed E-state index contributed by atoms with van der Waals surface area (Å²) < 4.78 is 5.51. The smallest absolute Gasteiger partial charge is 0.256 e. The predicted octanol–water partition coefficient (Wildman–Crippen LogP) is 4.20. The van der Waals surface area contributed by atoms with Gasteiger partial charge in [-0.05, 0) is 56.5 Å². The van der Waals surface area contributed by atoms with Crippen LogP contribution >= 0.6 is 0 Å². The predicted molar refractivity (Wildman–Crippen MR) is 133 cm³/mol. The number of anilines is 2. The van der Waals surface area contributed by atoms with E-state index in [1.54, 1.807) is 0 Å². The Labute approximate surface area is 199 Å². The van der Waals surface area contributed by atoms with Gasteiger partial charge in [0.25, 0.3) is 5.91 Å². The number of nitrogens with one attached hydrogen (secondary N) is 2. The standard InChI is InChI=1S/C26H30N6O2/c1-16-19(15-27)7-5-8-20(16)17(2)29-25-22-14-24(28-4)23(13-21(22)18(3)30-31-25)26(33)32-9-6-11-34-12-10-32/h5,7-8,13-14,17,28H,6,9-12H2,1-4H3,(H,29,31). The summed E-state index contributed by atoms with van der Waals surface area (Å²) in [5, 5.41) is 26.6. The first-order valence-corrected chi connectivity index (χ1v) is 11.6. The number of carbonyl (C=O) groups is 1. The Morgan fingerprint density at radius 2 is 2.00 bits per heavy atom. The van der Waals surface area contributed by atoms with Crippen molar-refractivity contribution in [2.45, 2.75) is 33.2 Å². The Hall–Kier alpha value is -3.70. The van der Waals surface area contributed by atoms with E-state index in [1.165, 1.54) is 0 Å². The molecule has 2 aromatic carbocycles. The number of fused-ring (bicyclic) bond motifs is 1. The fourth-order valence-electron chi connectivity index (χ4n) is 4.46. The maximum absolute atomic E-state index is 13.4. The average Bonchev–Trinajstić information content (AvgIpc) is 3.14. The van der Waals surface area contributed by atoms with Crippen LogP contribution in [0.4, 0.5) is 11.5 Å². The summed E-state index contributed by atoms with van der Waals surface area (Å²) in [5.41, 5.74) is 4.74. The van der Waals surface area contributed by atoms with Gasteiger partial charge in [-0.25, -0.2) is 0 Å². The number of nitrogens with zero attached hydrogens (tertiary/aromatic N) is 4. The van der Waals surface area contributed by atoms with Crippen LogP contribution in [0, 0.1) is 25.2 Å². The van der Waals surface area contributed by atoms with Crippen molar-refractivity contribution in [2.75, 3.05) is 44.0 Å². The molecule has 1 aromatic heterocycles. The van der Waals surface area contributed by atoms with Crippen LogP contribution in [0.25, 0.3) is 10.8 Å². The van der Waals surface area contributed by atoms with Gasteiger partial charge in [0.15, 0.2) is 5.82 Å². The average molecular weight is 459 g/mol. The molecule has 176 valence electrons. The fraction of sp³-hybridized carbons (Fsp3) is 0.385. The van der Waals surface area contributed by atoms with Crippen molar-refractivity contribution in [3.05, 3.63) is 58.3 Å². The van der Waals surface area contributed by atoms with Crippen LogP contribution in [-0.4, -0.2) is 54.4 Å². The topological polar surface area (TPSA) is 103 Å². The highest BCUT2D eigenvalue weighted by Crippen LogP contribution is 2.32. The molecule has 1 atom stereocenters. The van der Waals surface area contributed by atoms with Gasteiger partial charge < -0.3 is 20.3 Å². The first kappa shape index (κ1) is 23.5. The van der Waals surface area contributed by atoms with Gasteiger partial charge in [0.05, 0.1) is 35.5 Å². The minimum absolute atomic E-state index is 0.0141. The summed E-state index contributed by atoms with van der Waals surface area (Å²) in [6.07, 6.45) is 0.830. The molecule has 3 aromatic rings. The Bertz CT molecular complexity index is 1260. The van der Waals surface area contributed by atoms with Crippen molar-refractivity contribution < 1.29 is 9.53 Å². The second-order valence-corrected chi connectivity index (χ2v) is 8.58. The first-order valence-electron chi connectivity index (χ1n) is 11.6. The third kappa shape index (κ3) is 4.52. The molecule has 1 aliphatic heterocycles. The molecule has 2 heterocycles. The number of rotatable bonds is 5. The summed E-state index contributed by atoms with van der Waals surface area (Å²) >= 11 is 0. The van der Waals surface area contributed by atoms with E-state index in [9.17, 15) is 10.1 Å². The van der Waals surface area contributed by atoms with E-state index in [2.05, 4.69) is 26.9 Å². The van der Waals surface area contributed by atoms with Crippen LogP contribution in [0.2, 0.25) is 0 Å². The third-order valence-electron chi connectivity index (χ3n) is 6.43. The maximum atomic E-state index is 13.4. The van der Waals surface area contributed by atoms with Crippen molar-refractivity contribution in [3.8, 4) is 6.07 Å². The van der Waals surface area contributed by atoms with Crippen LogP contribution in [0.15, 0.2) is 30.3 Å². The highest BCUT2D eigenvalue weighted by molar-refractivity contribution is 6.06. The van der Waals surface area contributed by atoms with Gasteiger partial charge in [0.2, 0.25) is 0 Å². The molecule has 1 amide bonds. The minimum atomic E-state index is -0.0926. The molecular weight excluding hydrogens is 428 g/mol. The highest BCUT2D eigenvalue weighted by atomic mass is 16.5. The number of carbonyl (C=O) groups excluding carboxylic acids is 1. The minimum Gasteiger partial charge on any atom is -0.387 e. The lowest BCUT2D eigenvalue weighted by Gasteiger charge is -2.23. The first-order chi connectivity index (χ1) is 16.4. The molecule has 8 heteroatoms. The Morgan fingerprint density at radius 1 is 1.18 bits per heavy atom. The monoisotopic (exact) mass is 458 g/mol. The van der Waals surface area contributed by atoms with E-state index < -0.39 is 0 Å². The number of hydrogen-bond donors (Lipinski definition) is 2. The normalized spacial score (nSPS) is 14.9. The van der Waals surface area contributed by atoms with Crippen molar-refractivity contribution >= 4 is 28.2 Å². The molecule has 0 bridgehead atoms.